The fraction of sp³-hybridized carbons (Fsp3) is 0.222. The summed E-state index contributed by atoms with van der Waals surface area (Å²) in [4.78, 5) is 0. The summed E-state index contributed by atoms with van der Waals surface area (Å²) < 4.78 is 1.07. The molecule has 62 valence electrons. The van der Waals surface area contributed by atoms with Gasteiger partial charge in [0, 0.05) is 8.59 Å². The standard InChI is InChI=1S/C9H7ClIN/c1-6-4-8(10)7(2-3-12)9(11)5-6/h4-5H,2H2,1H3. The molecule has 1 nitrogen and oxygen atoms in total. The molecule has 0 saturated carbocycles. The van der Waals surface area contributed by atoms with Gasteiger partial charge in [0.05, 0.1) is 12.5 Å². The summed E-state index contributed by atoms with van der Waals surface area (Å²) in [6.45, 7) is 1.99. The van der Waals surface area contributed by atoms with Gasteiger partial charge in [0.1, 0.15) is 0 Å². The van der Waals surface area contributed by atoms with E-state index >= 15 is 0 Å². The van der Waals surface area contributed by atoms with E-state index < -0.39 is 0 Å². The van der Waals surface area contributed by atoms with Crippen LogP contribution < -0.4 is 0 Å². The Morgan fingerprint density at radius 2 is 2.25 bits per heavy atom. The molecule has 1 rings (SSSR count). The molecule has 0 unspecified atom stereocenters. The molecule has 1 aromatic rings. The molecule has 0 aromatic heterocycles. The zero-order valence-electron chi connectivity index (χ0n) is 6.56. The van der Waals surface area contributed by atoms with Crippen LogP contribution in [0.3, 0.4) is 0 Å². The molecule has 0 aliphatic rings. The maximum absolute atomic E-state index is 8.53. The highest BCUT2D eigenvalue weighted by molar-refractivity contribution is 14.1. The summed E-state index contributed by atoms with van der Waals surface area (Å²) >= 11 is 8.16. The summed E-state index contributed by atoms with van der Waals surface area (Å²) in [5.41, 5.74) is 2.07. The third kappa shape index (κ3) is 2.11. The molecule has 0 aliphatic carbocycles. The van der Waals surface area contributed by atoms with Crippen LogP contribution in [0.15, 0.2) is 12.1 Å². The van der Waals surface area contributed by atoms with Crippen LogP contribution in [-0.2, 0) is 6.42 Å². The maximum atomic E-state index is 8.53. The number of benzene rings is 1. The Labute approximate surface area is 90.5 Å². The largest absolute Gasteiger partial charge is 0.198 e. The van der Waals surface area contributed by atoms with Gasteiger partial charge in [0.15, 0.2) is 0 Å². The van der Waals surface area contributed by atoms with Gasteiger partial charge in [-0.25, -0.2) is 0 Å². The lowest BCUT2D eigenvalue weighted by molar-refractivity contribution is 1.23. The van der Waals surface area contributed by atoms with Crippen molar-refractivity contribution in [3.8, 4) is 6.07 Å². The van der Waals surface area contributed by atoms with Crippen molar-refractivity contribution in [3.05, 3.63) is 31.9 Å². The number of nitrogens with zero attached hydrogens (tertiary/aromatic N) is 1. The van der Waals surface area contributed by atoms with Crippen LogP contribution in [0.1, 0.15) is 11.1 Å². The summed E-state index contributed by atoms with van der Waals surface area (Å²) in [6.07, 6.45) is 0.386. The first-order valence-electron chi connectivity index (χ1n) is 3.46. The molecular weight excluding hydrogens is 284 g/mol. The molecule has 0 atom stereocenters. The van der Waals surface area contributed by atoms with Crippen LogP contribution in [0.25, 0.3) is 0 Å². The fourth-order valence-electron chi connectivity index (χ4n) is 0.978. The van der Waals surface area contributed by atoms with Crippen LogP contribution in [-0.4, -0.2) is 0 Å². The molecule has 0 spiro atoms. The third-order valence-corrected chi connectivity index (χ3v) is 2.84. The molecule has 0 radical (unpaired) electrons. The van der Waals surface area contributed by atoms with E-state index in [1.165, 1.54) is 0 Å². The van der Waals surface area contributed by atoms with Crippen LogP contribution in [0.5, 0.6) is 0 Å². The van der Waals surface area contributed by atoms with Gasteiger partial charge in [0.25, 0.3) is 0 Å². The van der Waals surface area contributed by atoms with Gasteiger partial charge in [0.2, 0.25) is 0 Å². The smallest absolute Gasteiger partial charge is 0.0670 e. The van der Waals surface area contributed by atoms with E-state index in [1.807, 2.05) is 19.1 Å². The minimum absolute atomic E-state index is 0.386. The minimum atomic E-state index is 0.386. The lowest BCUT2D eigenvalue weighted by Crippen LogP contribution is -1.90. The Kier molecular flexibility index (Phi) is 3.36. The van der Waals surface area contributed by atoms with Gasteiger partial charge in [-0.15, -0.1) is 0 Å². The number of hydrogen-bond acceptors (Lipinski definition) is 1. The quantitative estimate of drug-likeness (QED) is 0.728. The molecule has 0 heterocycles. The van der Waals surface area contributed by atoms with Gasteiger partial charge >= 0.3 is 0 Å². The summed E-state index contributed by atoms with van der Waals surface area (Å²) in [5, 5.41) is 9.22. The van der Waals surface area contributed by atoms with Crippen LogP contribution >= 0.6 is 34.2 Å². The van der Waals surface area contributed by atoms with Crippen molar-refractivity contribution in [1.29, 1.82) is 5.26 Å². The van der Waals surface area contributed by atoms with Crippen molar-refractivity contribution in [1.82, 2.24) is 0 Å². The lowest BCUT2D eigenvalue weighted by Gasteiger charge is -2.03. The molecule has 0 N–H and O–H groups in total. The number of halogens is 2. The van der Waals surface area contributed by atoms with Crippen molar-refractivity contribution in [2.45, 2.75) is 13.3 Å². The maximum Gasteiger partial charge on any atom is 0.0670 e. The van der Waals surface area contributed by atoms with Crippen molar-refractivity contribution in [2.24, 2.45) is 0 Å². The molecule has 0 amide bonds. The average Bonchev–Trinajstić information content (AvgIpc) is 1.96. The van der Waals surface area contributed by atoms with Gasteiger partial charge in [-0.05, 0) is 52.8 Å². The van der Waals surface area contributed by atoms with Crippen LogP contribution in [0, 0.1) is 21.8 Å². The molecular formula is C9H7ClIN. The number of aryl methyl sites for hydroxylation is 1. The average molecular weight is 292 g/mol. The van der Waals surface area contributed by atoms with Crippen LogP contribution in [0.4, 0.5) is 0 Å². The molecule has 12 heavy (non-hydrogen) atoms. The molecule has 3 heteroatoms. The van der Waals surface area contributed by atoms with Gasteiger partial charge in [-0.2, -0.15) is 5.26 Å². The molecule has 0 saturated heterocycles. The first kappa shape index (κ1) is 9.82. The first-order valence-corrected chi connectivity index (χ1v) is 4.92. The summed E-state index contributed by atoms with van der Waals surface area (Å²) in [5.74, 6) is 0. The predicted octanol–water partition coefficient (Wildman–Crippen LogP) is 3.32. The predicted molar refractivity (Wildman–Crippen MR) is 58.2 cm³/mol. The SMILES string of the molecule is Cc1cc(Cl)c(CC#N)c(I)c1. The van der Waals surface area contributed by atoms with Crippen molar-refractivity contribution in [2.75, 3.05) is 0 Å². The summed E-state index contributed by atoms with van der Waals surface area (Å²) in [6, 6.07) is 6.01. The highest BCUT2D eigenvalue weighted by Gasteiger charge is 2.04. The third-order valence-electron chi connectivity index (χ3n) is 1.54. The fourth-order valence-corrected chi connectivity index (χ4v) is 2.45. The van der Waals surface area contributed by atoms with E-state index in [4.69, 9.17) is 16.9 Å². The Bertz CT molecular complexity index is 318. The van der Waals surface area contributed by atoms with E-state index in [1.54, 1.807) is 0 Å². The second-order valence-electron chi connectivity index (χ2n) is 2.54. The van der Waals surface area contributed by atoms with E-state index in [0.29, 0.717) is 11.4 Å². The number of hydrogen-bond donors (Lipinski definition) is 0. The molecule has 0 fully saturated rings. The zero-order chi connectivity index (χ0) is 9.14. The summed E-state index contributed by atoms with van der Waals surface area (Å²) in [7, 11) is 0. The number of nitriles is 1. The van der Waals surface area contributed by atoms with E-state index in [-0.39, 0.29) is 0 Å². The molecule has 1 aromatic carbocycles. The molecule has 0 aliphatic heterocycles. The normalized spacial score (nSPS) is 9.50. The topological polar surface area (TPSA) is 23.8 Å². The van der Waals surface area contributed by atoms with E-state index in [2.05, 4.69) is 28.7 Å². The Hall–Kier alpha value is -0.270. The van der Waals surface area contributed by atoms with E-state index in [9.17, 15) is 0 Å². The van der Waals surface area contributed by atoms with Crippen molar-refractivity contribution in [3.63, 3.8) is 0 Å². The van der Waals surface area contributed by atoms with Gasteiger partial charge in [-0.3, -0.25) is 0 Å². The molecule has 0 bridgehead atoms. The highest BCUT2D eigenvalue weighted by atomic mass is 127. The zero-order valence-corrected chi connectivity index (χ0v) is 9.48. The number of rotatable bonds is 1. The van der Waals surface area contributed by atoms with E-state index in [0.717, 1.165) is 14.7 Å². The highest BCUT2D eigenvalue weighted by Crippen LogP contribution is 2.23. The van der Waals surface area contributed by atoms with Crippen molar-refractivity contribution < 1.29 is 0 Å². The van der Waals surface area contributed by atoms with Gasteiger partial charge in [-0.1, -0.05) is 11.6 Å². The second-order valence-corrected chi connectivity index (χ2v) is 4.11. The van der Waals surface area contributed by atoms with Crippen molar-refractivity contribution >= 4 is 34.2 Å². The lowest BCUT2D eigenvalue weighted by atomic mass is 10.1. The Morgan fingerprint density at radius 1 is 1.58 bits per heavy atom. The van der Waals surface area contributed by atoms with Crippen LogP contribution in [0.2, 0.25) is 5.02 Å². The Balaban J connectivity index is 3.21. The monoisotopic (exact) mass is 291 g/mol. The minimum Gasteiger partial charge on any atom is -0.198 e. The Morgan fingerprint density at radius 3 is 2.75 bits per heavy atom. The van der Waals surface area contributed by atoms with Gasteiger partial charge < -0.3 is 0 Å². The first-order chi connectivity index (χ1) is 5.65. The second kappa shape index (κ2) is 4.11.